The second kappa shape index (κ2) is 9.28. The lowest BCUT2D eigenvalue weighted by Gasteiger charge is -2.36. The van der Waals surface area contributed by atoms with E-state index in [1.54, 1.807) is 12.1 Å². The van der Waals surface area contributed by atoms with Crippen molar-refractivity contribution in [3.8, 4) is 0 Å². The number of nitrogens with one attached hydrogen (secondary N) is 1. The van der Waals surface area contributed by atoms with Crippen LogP contribution in [0.25, 0.3) is 10.2 Å². The molecule has 0 unspecified atom stereocenters. The van der Waals surface area contributed by atoms with Crippen molar-refractivity contribution in [2.24, 2.45) is 16.5 Å². The summed E-state index contributed by atoms with van der Waals surface area (Å²) in [6.07, 6.45) is 4.80. The number of pyridine rings is 1. The van der Waals surface area contributed by atoms with Crippen molar-refractivity contribution >= 4 is 43.2 Å². The van der Waals surface area contributed by atoms with E-state index >= 15 is 0 Å². The number of sulfonamides is 1. The van der Waals surface area contributed by atoms with Crippen LogP contribution in [0.1, 0.15) is 60.1 Å². The predicted octanol–water partition coefficient (Wildman–Crippen LogP) is 4.04. The fourth-order valence-electron chi connectivity index (χ4n) is 4.56. The van der Waals surface area contributed by atoms with Crippen molar-refractivity contribution < 1.29 is 13.2 Å². The number of nitrogens with two attached hydrogens (primary N) is 2. The van der Waals surface area contributed by atoms with Gasteiger partial charge in [-0.25, -0.2) is 18.5 Å². The minimum atomic E-state index is -3.71. The molecule has 5 N–H and O–H groups in total. The van der Waals surface area contributed by atoms with Crippen LogP contribution in [0.4, 0.5) is 5.69 Å². The van der Waals surface area contributed by atoms with Gasteiger partial charge in [-0.05, 0) is 66.3 Å². The lowest BCUT2D eigenvalue weighted by Crippen LogP contribution is -2.29. The number of thiophene rings is 1. The minimum absolute atomic E-state index is 0.0677. The molecule has 1 atom stereocenters. The van der Waals surface area contributed by atoms with E-state index in [9.17, 15) is 13.2 Å². The monoisotopic (exact) mass is 500 g/mol. The van der Waals surface area contributed by atoms with Crippen LogP contribution < -0.4 is 16.2 Å². The molecule has 3 aromatic rings. The average molecular weight is 501 g/mol. The number of benzene rings is 1. The predicted molar refractivity (Wildman–Crippen MR) is 137 cm³/mol. The number of amides is 1. The van der Waals surface area contributed by atoms with Crippen molar-refractivity contribution in [3.63, 3.8) is 0 Å². The van der Waals surface area contributed by atoms with Gasteiger partial charge in [0.15, 0.2) is 0 Å². The van der Waals surface area contributed by atoms with E-state index in [0.29, 0.717) is 29.4 Å². The molecule has 1 amide bonds. The Labute approximate surface area is 205 Å². The minimum Gasteiger partial charge on any atom is -0.397 e. The number of aryl methyl sites for hydroxylation is 1. The van der Waals surface area contributed by atoms with Gasteiger partial charge in [-0.2, -0.15) is 0 Å². The third kappa shape index (κ3) is 4.96. The maximum atomic E-state index is 12.9. The smallest absolute Gasteiger partial charge is 0.263 e. The molecule has 0 spiro atoms. The van der Waals surface area contributed by atoms with E-state index in [4.69, 9.17) is 15.9 Å². The standard InChI is InChI=1S/C25H32N4O3S2/c1-4-25(2,3)17-7-10-20-16(13-17)14-19-21(26)22(33-24(19)29-20)23(30)28-12-11-15-5-8-18(9-6-15)34(27,31)32/h5-6,8-9,14,17H,4,7,10-13,26H2,1-3H3,(H,28,30)(H2,27,31,32)/t17-/m0/s1. The summed E-state index contributed by atoms with van der Waals surface area (Å²) in [5.74, 6) is 0.399. The Morgan fingerprint density at radius 3 is 2.62 bits per heavy atom. The number of hydrogen-bond acceptors (Lipinski definition) is 6. The highest BCUT2D eigenvalue weighted by Gasteiger charge is 2.32. The van der Waals surface area contributed by atoms with Crippen molar-refractivity contribution in [1.29, 1.82) is 0 Å². The van der Waals surface area contributed by atoms with Crippen molar-refractivity contribution in [2.45, 2.75) is 57.8 Å². The molecule has 4 rings (SSSR count). The Morgan fingerprint density at radius 2 is 1.97 bits per heavy atom. The number of primary sulfonamides is 1. The van der Waals surface area contributed by atoms with Gasteiger partial charge in [0, 0.05) is 17.6 Å². The molecule has 2 aromatic heterocycles. The SMILES string of the molecule is CCC(C)(C)[C@H]1CCc2nc3sc(C(=O)NCCc4ccc(S(N)(=O)=O)cc4)c(N)c3cc2C1. The lowest BCUT2D eigenvalue weighted by molar-refractivity contribution is 0.0959. The summed E-state index contributed by atoms with van der Waals surface area (Å²) in [5, 5.41) is 8.91. The molecule has 1 aliphatic carbocycles. The first-order valence-electron chi connectivity index (χ1n) is 11.6. The number of fused-ring (bicyclic) bond motifs is 2. The lowest BCUT2D eigenvalue weighted by atomic mass is 9.69. The van der Waals surface area contributed by atoms with Crippen LogP contribution in [0, 0.1) is 11.3 Å². The highest BCUT2D eigenvalue weighted by Crippen LogP contribution is 2.41. The summed E-state index contributed by atoms with van der Waals surface area (Å²) in [6.45, 7) is 7.33. The highest BCUT2D eigenvalue weighted by atomic mass is 32.2. The molecule has 0 radical (unpaired) electrons. The fraction of sp³-hybridized carbons (Fsp3) is 0.440. The summed E-state index contributed by atoms with van der Waals surface area (Å²) in [4.78, 5) is 19.1. The average Bonchev–Trinajstić information content (AvgIpc) is 3.12. The molecule has 2 heterocycles. The van der Waals surface area contributed by atoms with Gasteiger partial charge in [-0.3, -0.25) is 4.79 Å². The number of hydrogen-bond donors (Lipinski definition) is 3. The number of anilines is 1. The first-order valence-corrected chi connectivity index (χ1v) is 14.0. The first kappa shape index (κ1) is 24.6. The molecule has 0 saturated heterocycles. The van der Waals surface area contributed by atoms with E-state index in [2.05, 4.69) is 32.2 Å². The topological polar surface area (TPSA) is 128 Å². The molecule has 7 nitrogen and oxygen atoms in total. The van der Waals surface area contributed by atoms with Crippen molar-refractivity contribution in [3.05, 3.63) is 52.0 Å². The largest absolute Gasteiger partial charge is 0.397 e. The molecular weight excluding hydrogens is 468 g/mol. The van der Waals surface area contributed by atoms with Gasteiger partial charge >= 0.3 is 0 Å². The summed E-state index contributed by atoms with van der Waals surface area (Å²) in [6, 6.07) is 8.47. The normalized spacial score (nSPS) is 16.4. The maximum absolute atomic E-state index is 12.9. The Morgan fingerprint density at radius 1 is 1.26 bits per heavy atom. The molecule has 0 saturated carbocycles. The van der Waals surface area contributed by atoms with Gasteiger partial charge in [0.05, 0.1) is 10.6 Å². The van der Waals surface area contributed by atoms with Gasteiger partial charge < -0.3 is 11.1 Å². The Kier molecular flexibility index (Phi) is 6.72. The van der Waals surface area contributed by atoms with E-state index in [1.165, 1.54) is 29.0 Å². The van der Waals surface area contributed by atoms with Crippen molar-refractivity contribution in [2.75, 3.05) is 12.3 Å². The molecule has 182 valence electrons. The first-order chi connectivity index (χ1) is 16.0. The summed E-state index contributed by atoms with van der Waals surface area (Å²) in [7, 11) is -3.71. The van der Waals surface area contributed by atoms with Gasteiger partial charge in [-0.15, -0.1) is 11.3 Å². The van der Waals surface area contributed by atoms with Crippen molar-refractivity contribution in [1.82, 2.24) is 10.3 Å². The molecule has 9 heteroatoms. The molecule has 0 aliphatic heterocycles. The number of carbonyl (C=O) groups is 1. The number of carbonyl (C=O) groups excluding carboxylic acids is 1. The summed E-state index contributed by atoms with van der Waals surface area (Å²) < 4.78 is 22.7. The van der Waals surface area contributed by atoms with E-state index in [0.717, 1.165) is 47.2 Å². The van der Waals surface area contributed by atoms with Crippen LogP contribution in [0.5, 0.6) is 0 Å². The second-order valence-corrected chi connectivity index (χ2v) is 12.3. The van der Waals surface area contributed by atoms with Gasteiger partial charge in [-0.1, -0.05) is 39.3 Å². The van der Waals surface area contributed by atoms with Crippen LogP contribution in [0.2, 0.25) is 0 Å². The summed E-state index contributed by atoms with van der Waals surface area (Å²) >= 11 is 1.34. The number of nitrogens with zero attached hydrogens (tertiary/aromatic N) is 1. The van der Waals surface area contributed by atoms with Gasteiger partial charge in [0.25, 0.3) is 5.91 Å². The molecule has 1 aliphatic rings. The van der Waals surface area contributed by atoms with Gasteiger partial charge in [0.1, 0.15) is 9.71 Å². The Bertz CT molecular complexity index is 1330. The Hall–Kier alpha value is -2.49. The molecule has 0 fully saturated rings. The zero-order chi connectivity index (χ0) is 24.7. The molecular formula is C25H32N4O3S2. The molecule has 1 aromatic carbocycles. The molecule has 34 heavy (non-hydrogen) atoms. The highest BCUT2D eigenvalue weighted by molar-refractivity contribution is 7.89. The van der Waals surface area contributed by atoms with E-state index < -0.39 is 10.0 Å². The fourth-order valence-corrected chi connectivity index (χ4v) is 6.09. The maximum Gasteiger partial charge on any atom is 0.263 e. The van der Waals surface area contributed by atoms with Gasteiger partial charge in [0.2, 0.25) is 10.0 Å². The van der Waals surface area contributed by atoms with Crippen LogP contribution in [-0.4, -0.2) is 25.9 Å². The summed E-state index contributed by atoms with van der Waals surface area (Å²) in [5.41, 5.74) is 10.5. The number of aromatic nitrogens is 1. The number of nitrogen functional groups attached to an aromatic ring is 1. The molecule has 0 bridgehead atoms. The zero-order valence-electron chi connectivity index (χ0n) is 19.8. The third-order valence-electron chi connectivity index (χ3n) is 7.26. The number of rotatable bonds is 7. The van der Waals surface area contributed by atoms with Crippen LogP contribution >= 0.6 is 11.3 Å². The second-order valence-electron chi connectivity index (χ2n) is 9.77. The zero-order valence-corrected chi connectivity index (χ0v) is 21.5. The van der Waals surface area contributed by atoms with E-state index in [1.807, 2.05) is 0 Å². The Balaban J connectivity index is 1.46. The quantitative estimate of drug-likeness (QED) is 0.451. The van der Waals surface area contributed by atoms with E-state index in [-0.39, 0.29) is 16.2 Å². The van der Waals surface area contributed by atoms with Crippen LogP contribution in [0.15, 0.2) is 35.2 Å². The van der Waals surface area contributed by atoms with Crippen LogP contribution in [0.3, 0.4) is 0 Å². The van der Waals surface area contributed by atoms with Crippen LogP contribution in [-0.2, 0) is 29.3 Å². The third-order valence-corrected chi connectivity index (χ3v) is 9.30.